The molecule has 0 aliphatic carbocycles. The zero-order chi connectivity index (χ0) is 23.7. The number of thiazole rings is 1. The number of carbonyl (C=O) groups is 1. The fraction of sp³-hybridized carbons (Fsp3) is 0.269. The van der Waals surface area contributed by atoms with E-state index in [4.69, 9.17) is 16.3 Å². The average molecular weight is 481 g/mol. The number of aromatic nitrogens is 1. The highest BCUT2D eigenvalue weighted by Crippen LogP contribution is 2.31. The Morgan fingerprint density at radius 2 is 1.97 bits per heavy atom. The lowest BCUT2D eigenvalue weighted by atomic mass is 9.93. The summed E-state index contributed by atoms with van der Waals surface area (Å²) in [5.41, 5.74) is 3.59. The Morgan fingerprint density at radius 1 is 1.24 bits per heavy atom. The van der Waals surface area contributed by atoms with E-state index < -0.39 is 12.0 Å². The van der Waals surface area contributed by atoms with Crippen LogP contribution >= 0.6 is 22.9 Å². The van der Waals surface area contributed by atoms with Crippen LogP contribution in [-0.2, 0) is 9.53 Å². The molecule has 7 heteroatoms. The van der Waals surface area contributed by atoms with E-state index >= 15 is 0 Å². The summed E-state index contributed by atoms with van der Waals surface area (Å²) in [5, 5.41) is 0.597. The van der Waals surface area contributed by atoms with Gasteiger partial charge in [-0.05, 0) is 54.7 Å². The average Bonchev–Trinajstić information content (AvgIpc) is 3.07. The molecule has 1 aliphatic heterocycles. The van der Waals surface area contributed by atoms with Crippen molar-refractivity contribution < 1.29 is 9.53 Å². The maximum atomic E-state index is 13.6. The molecule has 0 N–H and O–H groups in total. The van der Waals surface area contributed by atoms with Crippen LogP contribution < -0.4 is 14.9 Å². The molecule has 2 heterocycles. The van der Waals surface area contributed by atoms with Crippen molar-refractivity contribution in [3.8, 4) is 0 Å². The summed E-state index contributed by atoms with van der Waals surface area (Å²) in [4.78, 5) is 31.7. The summed E-state index contributed by atoms with van der Waals surface area (Å²) in [6.45, 7) is 8.05. The Kier molecular flexibility index (Phi) is 6.68. The number of benzene rings is 2. The van der Waals surface area contributed by atoms with Crippen LogP contribution in [0.25, 0.3) is 6.08 Å². The number of esters is 1. The molecule has 2 aromatic carbocycles. The molecule has 0 saturated heterocycles. The zero-order valence-electron chi connectivity index (χ0n) is 19.0. The Labute approximate surface area is 201 Å². The lowest BCUT2D eigenvalue weighted by Gasteiger charge is -2.25. The lowest BCUT2D eigenvalue weighted by molar-refractivity contribution is -0.139. The highest BCUT2D eigenvalue weighted by atomic mass is 35.5. The van der Waals surface area contributed by atoms with E-state index in [-0.39, 0.29) is 12.2 Å². The molecule has 5 nitrogen and oxygen atoms in total. The summed E-state index contributed by atoms with van der Waals surface area (Å²) in [5.74, 6) is -0.0821. The standard InChI is InChI=1S/C26H25ClN2O3S/c1-5-32-25(31)22-16(4)28-26-29(23(22)19-11-9-18(10-12-19)15(2)3)24(30)21(33-26)14-17-7-6-8-20(27)13-17/h6-15,23H,5H2,1-4H3/b21-14-/t23-/m1/s1. The topological polar surface area (TPSA) is 60.7 Å². The molecule has 170 valence electrons. The van der Waals surface area contributed by atoms with E-state index in [1.165, 1.54) is 16.9 Å². The minimum absolute atomic E-state index is 0.203. The van der Waals surface area contributed by atoms with Crippen molar-refractivity contribution in [1.82, 2.24) is 4.57 Å². The molecule has 1 aromatic heterocycles. The number of rotatable bonds is 5. The van der Waals surface area contributed by atoms with E-state index in [1.807, 2.05) is 36.4 Å². The highest BCUT2D eigenvalue weighted by molar-refractivity contribution is 7.07. The van der Waals surface area contributed by atoms with Crippen molar-refractivity contribution in [2.45, 2.75) is 39.7 Å². The molecule has 4 rings (SSSR count). The Balaban J connectivity index is 1.94. The fourth-order valence-corrected chi connectivity index (χ4v) is 5.16. The van der Waals surface area contributed by atoms with Gasteiger partial charge in [-0.3, -0.25) is 9.36 Å². The van der Waals surface area contributed by atoms with Gasteiger partial charge in [0.15, 0.2) is 4.80 Å². The van der Waals surface area contributed by atoms with E-state index in [2.05, 4.69) is 18.8 Å². The third-order valence-corrected chi connectivity index (χ3v) is 6.80. The molecular formula is C26H25ClN2O3S. The largest absolute Gasteiger partial charge is 0.463 e. The Hall–Kier alpha value is -2.96. The summed E-state index contributed by atoms with van der Waals surface area (Å²) in [6, 6.07) is 14.8. The number of hydrogen-bond donors (Lipinski definition) is 0. The number of ether oxygens (including phenoxy) is 1. The van der Waals surface area contributed by atoms with Gasteiger partial charge in [-0.25, -0.2) is 9.79 Å². The van der Waals surface area contributed by atoms with Gasteiger partial charge >= 0.3 is 5.97 Å². The predicted octanol–water partition coefficient (Wildman–Crippen LogP) is 4.58. The van der Waals surface area contributed by atoms with Crippen LogP contribution in [0.2, 0.25) is 5.02 Å². The smallest absolute Gasteiger partial charge is 0.338 e. The van der Waals surface area contributed by atoms with Crippen LogP contribution in [0.4, 0.5) is 0 Å². The molecule has 0 radical (unpaired) electrons. The van der Waals surface area contributed by atoms with E-state index in [9.17, 15) is 9.59 Å². The van der Waals surface area contributed by atoms with Gasteiger partial charge in [0, 0.05) is 5.02 Å². The molecule has 0 amide bonds. The first kappa shape index (κ1) is 23.2. The molecule has 0 saturated carbocycles. The molecule has 0 spiro atoms. The van der Waals surface area contributed by atoms with Crippen molar-refractivity contribution in [2.75, 3.05) is 6.61 Å². The van der Waals surface area contributed by atoms with Crippen LogP contribution in [0, 0.1) is 0 Å². The SMILES string of the molecule is CCOC(=O)C1=C(C)N=c2s/c(=C\c3cccc(Cl)c3)c(=O)n2[C@@H]1c1ccc(C(C)C)cc1. The van der Waals surface area contributed by atoms with Crippen molar-refractivity contribution in [3.05, 3.63) is 101 Å². The first-order valence-corrected chi connectivity index (χ1v) is 12.0. The molecule has 33 heavy (non-hydrogen) atoms. The number of halogens is 1. The minimum Gasteiger partial charge on any atom is -0.463 e. The molecule has 0 fully saturated rings. The van der Waals surface area contributed by atoms with Crippen LogP contribution in [0.5, 0.6) is 0 Å². The fourth-order valence-electron chi connectivity index (χ4n) is 3.92. The minimum atomic E-state index is -0.608. The predicted molar refractivity (Wildman–Crippen MR) is 132 cm³/mol. The molecule has 1 aliphatic rings. The van der Waals surface area contributed by atoms with Crippen molar-refractivity contribution in [3.63, 3.8) is 0 Å². The van der Waals surface area contributed by atoms with Gasteiger partial charge in [0.05, 0.1) is 28.5 Å². The second kappa shape index (κ2) is 9.49. The van der Waals surface area contributed by atoms with E-state index in [0.29, 0.717) is 31.5 Å². The highest BCUT2D eigenvalue weighted by Gasteiger charge is 2.33. The summed E-state index contributed by atoms with van der Waals surface area (Å²) < 4.78 is 7.47. The normalized spacial score (nSPS) is 16.1. The van der Waals surface area contributed by atoms with Gasteiger partial charge in [-0.15, -0.1) is 0 Å². The van der Waals surface area contributed by atoms with Crippen molar-refractivity contribution in [2.24, 2.45) is 4.99 Å². The van der Waals surface area contributed by atoms with Gasteiger partial charge in [0.1, 0.15) is 0 Å². The van der Waals surface area contributed by atoms with Crippen LogP contribution in [-0.4, -0.2) is 17.1 Å². The maximum Gasteiger partial charge on any atom is 0.338 e. The number of nitrogens with zero attached hydrogens (tertiary/aromatic N) is 2. The quantitative estimate of drug-likeness (QED) is 0.502. The van der Waals surface area contributed by atoms with E-state index in [1.54, 1.807) is 36.6 Å². The number of hydrogen-bond acceptors (Lipinski definition) is 5. The summed E-state index contributed by atoms with van der Waals surface area (Å²) >= 11 is 7.42. The van der Waals surface area contributed by atoms with Gasteiger partial charge < -0.3 is 4.74 Å². The van der Waals surface area contributed by atoms with Crippen LogP contribution in [0.3, 0.4) is 0 Å². The van der Waals surface area contributed by atoms with Gasteiger partial charge in [-0.2, -0.15) is 0 Å². The Bertz CT molecular complexity index is 1410. The zero-order valence-corrected chi connectivity index (χ0v) is 20.5. The molecule has 0 bridgehead atoms. The first-order valence-electron chi connectivity index (χ1n) is 10.8. The number of fused-ring (bicyclic) bond motifs is 1. The van der Waals surface area contributed by atoms with Gasteiger partial charge in [0.25, 0.3) is 5.56 Å². The second-order valence-electron chi connectivity index (χ2n) is 8.18. The van der Waals surface area contributed by atoms with Gasteiger partial charge in [0.2, 0.25) is 0 Å². The third kappa shape index (κ3) is 4.59. The second-order valence-corrected chi connectivity index (χ2v) is 9.62. The maximum absolute atomic E-state index is 13.6. The van der Waals surface area contributed by atoms with Crippen molar-refractivity contribution >= 4 is 35.0 Å². The lowest BCUT2D eigenvalue weighted by Crippen LogP contribution is -2.39. The number of carbonyl (C=O) groups excluding carboxylic acids is 1. The van der Waals surface area contributed by atoms with Crippen LogP contribution in [0.1, 0.15) is 56.3 Å². The van der Waals surface area contributed by atoms with Crippen molar-refractivity contribution in [1.29, 1.82) is 0 Å². The van der Waals surface area contributed by atoms with Crippen LogP contribution in [0.15, 0.2) is 69.6 Å². The molecule has 1 atom stereocenters. The molecule has 3 aromatic rings. The van der Waals surface area contributed by atoms with Gasteiger partial charge in [-0.1, -0.05) is 73.2 Å². The first-order chi connectivity index (χ1) is 15.8. The summed E-state index contributed by atoms with van der Waals surface area (Å²) in [7, 11) is 0. The monoisotopic (exact) mass is 480 g/mol. The molecular weight excluding hydrogens is 456 g/mol. The number of allylic oxidation sites excluding steroid dienone is 1. The molecule has 0 unspecified atom stereocenters. The summed E-state index contributed by atoms with van der Waals surface area (Å²) in [6.07, 6.45) is 1.80. The third-order valence-electron chi connectivity index (χ3n) is 5.58. The van der Waals surface area contributed by atoms with E-state index in [0.717, 1.165) is 11.1 Å². The Morgan fingerprint density at radius 3 is 2.61 bits per heavy atom.